The van der Waals surface area contributed by atoms with Crippen LogP contribution in [0.5, 0.6) is 0 Å². The zero-order chi connectivity index (χ0) is 35.4. The van der Waals surface area contributed by atoms with Gasteiger partial charge in [0, 0.05) is 52.7 Å². The van der Waals surface area contributed by atoms with Crippen LogP contribution in [-0.2, 0) is 14.4 Å². The number of hydrogen-bond donors (Lipinski definition) is 6. The van der Waals surface area contributed by atoms with E-state index in [1.165, 1.54) is 6.08 Å². The number of guanidine groups is 1. The molecule has 4 aliphatic rings. The number of nitrogens with zero attached hydrogens (tertiary/aromatic N) is 1. The molecule has 0 bridgehead atoms. The minimum atomic E-state index is -1.19. The summed E-state index contributed by atoms with van der Waals surface area (Å²) in [7, 11) is 0. The van der Waals surface area contributed by atoms with Crippen molar-refractivity contribution in [1.29, 1.82) is 0 Å². The summed E-state index contributed by atoms with van der Waals surface area (Å²) in [6.45, 7) is 16.0. The minimum Gasteiger partial charge on any atom is -0.478 e. The normalized spacial score (nSPS) is 37.1. The van der Waals surface area contributed by atoms with Gasteiger partial charge in [0.15, 0.2) is 11.7 Å². The van der Waals surface area contributed by atoms with Crippen molar-refractivity contribution in [2.75, 3.05) is 6.54 Å². The van der Waals surface area contributed by atoms with E-state index >= 15 is 0 Å². The van der Waals surface area contributed by atoms with Crippen LogP contribution in [0.25, 0.3) is 0 Å². The third kappa shape index (κ3) is 6.12. The molecule has 0 spiro atoms. The molecule has 0 radical (unpaired) electrons. The molecule has 0 aliphatic heterocycles. The molecule has 0 aromatic rings. The molecule has 8 N–H and O–H groups in total. The van der Waals surface area contributed by atoms with E-state index in [0.717, 1.165) is 6.42 Å². The van der Waals surface area contributed by atoms with Crippen molar-refractivity contribution < 1.29 is 34.8 Å². The lowest BCUT2D eigenvalue weighted by molar-refractivity contribution is -0.146. The van der Waals surface area contributed by atoms with E-state index in [9.17, 15) is 34.8 Å². The molecule has 2 saturated carbocycles. The molecule has 10 heteroatoms. The Morgan fingerprint density at radius 3 is 2.28 bits per heavy atom. The third-order valence-electron chi connectivity index (χ3n) is 13.5. The Bertz CT molecular complexity index is 1360. The van der Waals surface area contributed by atoms with Crippen LogP contribution in [0.1, 0.15) is 107 Å². The first-order chi connectivity index (χ1) is 21.6. The van der Waals surface area contributed by atoms with E-state index in [1.807, 2.05) is 34.6 Å². The number of carbonyl (C=O) groups excluding carboxylic acids is 2. The van der Waals surface area contributed by atoms with Crippen molar-refractivity contribution in [2.24, 2.45) is 67.7 Å². The van der Waals surface area contributed by atoms with Gasteiger partial charge in [-0.15, -0.1) is 0 Å². The molecule has 10 atom stereocenters. The quantitative estimate of drug-likeness (QED) is 0.107. The predicted molar refractivity (Wildman–Crippen MR) is 181 cm³/mol. The number of carboxylic acids is 1. The Balaban J connectivity index is 1.77. The Kier molecular flexibility index (Phi) is 10.3. The fraction of sp³-hybridized carbons (Fsp3) is 0.784. The molecular weight excluding hydrogens is 598 g/mol. The monoisotopic (exact) mass is 657 g/mol. The zero-order valence-corrected chi connectivity index (χ0v) is 29.7. The van der Waals surface area contributed by atoms with Crippen molar-refractivity contribution in [1.82, 2.24) is 0 Å². The zero-order valence-electron chi connectivity index (χ0n) is 29.7. The Labute approximate surface area is 280 Å². The molecule has 0 aromatic heterocycles. The van der Waals surface area contributed by atoms with E-state index in [0.29, 0.717) is 55.6 Å². The Morgan fingerprint density at radius 1 is 1.06 bits per heavy atom. The molecule has 47 heavy (non-hydrogen) atoms. The maximum atomic E-state index is 14.5. The summed E-state index contributed by atoms with van der Waals surface area (Å²) in [6, 6.07) is 0. The second-order valence-electron chi connectivity index (χ2n) is 16.8. The number of hydrogen-bond acceptors (Lipinski definition) is 7. The van der Waals surface area contributed by atoms with Crippen LogP contribution in [0.2, 0.25) is 0 Å². The summed E-state index contributed by atoms with van der Waals surface area (Å²) in [5.41, 5.74) is 9.74. The number of ketones is 2. The van der Waals surface area contributed by atoms with E-state index < -0.39 is 51.9 Å². The predicted octanol–water partition coefficient (Wildman–Crippen LogP) is 4.15. The second-order valence-corrected chi connectivity index (χ2v) is 16.8. The molecule has 264 valence electrons. The van der Waals surface area contributed by atoms with Gasteiger partial charge in [-0.2, -0.15) is 0 Å². The van der Waals surface area contributed by atoms with Crippen molar-refractivity contribution in [3.63, 3.8) is 0 Å². The number of carboxylic acid groups (broad SMARTS) is 1. The maximum absolute atomic E-state index is 14.5. The van der Waals surface area contributed by atoms with Crippen molar-refractivity contribution in [2.45, 2.75) is 125 Å². The molecule has 0 aromatic carbocycles. The number of aliphatic imine (C=N–C) groups is 1. The third-order valence-corrected chi connectivity index (χ3v) is 13.5. The van der Waals surface area contributed by atoms with Gasteiger partial charge in [0.25, 0.3) is 0 Å². The number of rotatable bonds is 11. The van der Waals surface area contributed by atoms with E-state index in [-0.39, 0.29) is 53.8 Å². The van der Waals surface area contributed by atoms with Gasteiger partial charge in [-0.25, -0.2) is 4.79 Å². The van der Waals surface area contributed by atoms with Gasteiger partial charge in [-0.05, 0) is 72.8 Å². The van der Waals surface area contributed by atoms with Gasteiger partial charge in [0.1, 0.15) is 5.78 Å². The highest BCUT2D eigenvalue weighted by Gasteiger charge is 2.70. The Hall–Kier alpha value is -2.56. The van der Waals surface area contributed by atoms with Crippen LogP contribution in [0.15, 0.2) is 27.8 Å². The second kappa shape index (κ2) is 13.0. The highest BCUT2D eigenvalue weighted by atomic mass is 16.4. The summed E-state index contributed by atoms with van der Waals surface area (Å²) in [4.78, 5) is 43.9. The van der Waals surface area contributed by atoms with Gasteiger partial charge < -0.3 is 31.9 Å². The molecule has 4 aliphatic carbocycles. The van der Waals surface area contributed by atoms with Gasteiger partial charge in [0.2, 0.25) is 0 Å². The maximum Gasteiger partial charge on any atom is 0.331 e. The average molecular weight is 658 g/mol. The highest BCUT2D eigenvalue weighted by Crippen LogP contribution is 2.71. The van der Waals surface area contributed by atoms with E-state index in [2.05, 4.69) is 25.8 Å². The first-order valence-corrected chi connectivity index (χ1v) is 17.5. The summed E-state index contributed by atoms with van der Waals surface area (Å²) in [5.74, 6) is -2.17. The highest BCUT2D eigenvalue weighted by molar-refractivity contribution is 6.01. The fourth-order valence-corrected chi connectivity index (χ4v) is 10.5. The fourth-order valence-electron chi connectivity index (χ4n) is 10.5. The molecule has 4 rings (SSSR count). The van der Waals surface area contributed by atoms with Crippen LogP contribution >= 0.6 is 0 Å². The van der Waals surface area contributed by atoms with Crippen LogP contribution in [0.3, 0.4) is 0 Å². The standard InChI is InChI=1S/C37H59N3O7/c1-19(2)10-9-11-21(32(46)47)14-24(41)22(18-40-33(38)39)20(3)23-15-29(45)37(8)31-25(42)16-27-34(4,5)28(44)12-13-35(27,6)30(31)26(43)17-36(23,37)7/h14,19-20,22-25,27,29,41-42,45H,9-13,15-18H2,1-8H3,(H,46,47)(H4,38,39,40). The van der Waals surface area contributed by atoms with Gasteiger partial charge in [-0.3, -0.25) is 14.6 Å². The van der Waals surface area contributed by atoms with Crippen molar-refractivity contribution in [3.05, 3.63) is 22.8 Å². The number of aliphatic hydroxyl groups excluding tert-OH is 3. The average Bonchev–Trinajstić information content (AvgIpc) is 3.16. The van der Waals surface area contributed by atoms with Crippen molar-refractivity contribution in [3.8, 4) is 0 Å². The number of aliphatic hydroxyl groups is 3. The van der Waals surface area contributed by atoms with Crippen LogP contribution in [-0.4, -0.2) is 68.8 Å². The number of allylic oxidation sites excluding steroid dienone is 1. The van der Waals surface area contributed by atoms with Crippen LogP contribution in [0, 0.1) is 51.2 Å². The number of carbonyl (C=O) groups is 3. The van der Waals surface area contributed by atoms with Gasteiger partial charge in [-0.1, -0.05) is 61.8 Å². The molecule has 2 fully saturated rings. The first kappa shape index (κ1) is 37.3. The SMILES string of the molecule is CC(C)CCCC(=CC(O)C(CN=C(N)N)C(C)C1CC(O)C2(C)C3=C(C(=O)CC12C)C1(C)CCC(=O)C(C)(C)C1CC3O)C(=O)O. The Morgan fingerprint density at radius 2 is 1.70 bits per heavy atom. The van der Waals surface area contributed by atoms with E-state index in [1.54, 1.807) is 0 Å². The summed E-state index contributed by atoms with van der Waals surface area (Å²) in [6.07, 6.45) is 1.90. The van der Waals surface area contributed by atoms with Crippen molar-refractivity contribution >= 4 is 23.5 Å². The number of fused-ring (bicyclic) bond motifs is 4. The number of aliphatic carboxylic acids is 1. The molecule has 0 amide bonds. The smallest absolute Gasteiger partial charge is 0.331 e. The van der Waals surface area contributed by atoms with Crippen LogP contribution < -0.4 is 11.5 Å². The number of Topliss-reactive ketones (excluding diaryl/α,β-unsaturated/α-hetero) is 2. The molecular formula is C37H59N3O7. The first-order valence-electron chi connectivity index (χ1n) is 17.5. The summed E-state index contributed by atoms with van der Waals surface area (Å²) in [5, 5.41) is 45.4. The largest absolute Gasteiger partial charge is 0.478 e. The van der Waals surface area contributed by atoms with Gasteiger partial charge >= 0.3 is 5.97 Å². The molecule has 10 unspecified atom stereocenters. The number of nitrogens with two attached hydrogens (primary N) is 2. The summed E-state index contributed by atoms with van der Waals surface area (Å²) >= 11 is 0. The molecule has 0 saturated heterocycles. The minimum absolute atomic E-state index is 0.0346. The topological polar surface area (TPSA) is 197 Å². The summed E-state index contributed by atoms with van der Waals surface area (Å²) < 4.78 is 0. The molecule has 10 nitrogen and oxygen atoms in total. The lowest BCUT2D eigenvalue weighted by Crippen LogP contribution is -2.60. The lowest BCUT2D eigenvalue weighted by atomic mass is 9.42. The molecule has 0 heterocycles. The lowest BCUT2D eigenvalue weighted by Gasteiger charge is -2.61. The van der Waals surface area contributed by atoms with Crippen LogP contribution in [0.4, 0.5) is 0 Å². The van der Waals surface area contributed by atoms with E-state index in [4.69, 9.17) is 11.5 Å². The van der Waals surface area contributed by atoms with Gasteiger partial charge in [0.05, 0.1) is 18.3 Å².